The molecule has 0 bridgehead atoms. The second-order valence-corrected chi connectivity index (χ2v) is 5.55. The van der Waals surface area contributed by atoms with Gasteiger partial charge in [0.2, 0.25) is 0 Å². The van der Waals surface area contributed by atoms with Crippen molar-refractivity contribution in [3.63, 3.8) is 0 Å². The zero-order valence-corrected chi connectivity index (χ0v) is 12.7. The van der Waals surface area contributed by atoms with E-state index in [0.717, 1.165) is 47.8 Å². The summed E-state index contributed by atoms with van der Waals surface area (Å²) in [6.07, 6.45) is 2.11. The zero-order valence-electron chi connectivity index (χ0n) is 11.9. The highest BCUT2D eigenvalue weighted by Crippen LogP contribution is 2.21. The van der Waals surface area contributed by atoms with Crippen LogP contribution in [0.15, 0.2) is 18.2 Å². The van der Waals surface area contributed by atoms with Crippen LogP contribution in [-0.4, -0.2) is 22.1 Å². The van der Waals surface area contributed by atoms with E-state index >= 15 is 0 Å². The summed E-state index contributed by atoms with van der Waals surface area (Å²) in [5, 5.41) is 4.21. The lowest BCUT2D eigenvalue weighted by Crippen LogP contribution is -2.24. The quantitative estimate of drug-likeness (QED) is 0.818. The van der Waals surface area contributed by atoms with Crippen LogP contribution in [0.2, 0.25) is 5.02 Å². The standard InChI is InChI=1S/C15H22ClN3/c1-4-19-14-10-12(16)7-8-13(14)18-15(19)6-5-9-17-11(2)3/h7-8,10-11,17H,4-6,9H2,1-3H3. The van der Waals surface area contributed by atoms with E-state index in [1.165, 1.54) is 0 Å². The van der Waals surface area contributed by atoms with Crippen LogP contribution in [0.3, 0.4) is 0 Å². The molecule has 19 heavy (non-hydrogen) atoms. The summed E-state index contributed by atoms with van der Waals surface area (Å²) in [5.41, 5.74) is 2.18. The van der Waals surface area contributed by atoms with Gasteiger partial charge >= 0.3 is 0 Å². The predicted molar refractivity (Wildman–Crippen MR) is 81.9 cm³/mol. The molecule has 1 aromatic heterocycles. The van der Waals surface area contributed by atoms with Crippen molar-refractivity contribution in [1.29, 1.82) is 0 Å². The number of aryl methyl sites for hydroxylation is 2. The molecule has 0 fully saturated rings. The Balaban J connectivity index is 2.14. The van der Waals surface area contributed by atoms with Crippen LogP contribution in [0.4, 0.5) is 0 Å². The summed E-state index contributed by atoms with van der Waals surface area (Å²) in [5.74, 6) is 1.16. The molecule has 104 valence electrons. The van der Waals surface area contributed by atoms with E-state index in [-0.39, 0.29) is 0 Å². The first-order chi connectivity index (χ1) is 9.11. The molecular weight excluding hydrogens is 258 g/mol. The van der Waals surface area contributed by atoms with E-state index in [1.54, 1.807) is 0 Å². The number of nitrogens with one attached hydrogen (secondary N) is 1. The monoisotopic (exact) mass is 279 g/mol. The largest absolute Gasteiger partial charge is 0.328 e. The molecule has 0 unspecified atom stereocenters. The predicted octanol–water partition coefficient (Wildman–Crippen LogP) is 3.64. The molecule has 0 atom stereocenters. The van der Waals surface area contributed by atoms with Crippen molar-refractivity contribution in [3.8, 4) is 0 Å². The van der Waals surface area contributed by atoms with Crippen molar-refractivity contribution < 1.29 is 0 Å². The fraction of sp³-hybridized carbons (Fsp3) is 0.533. The molecule has 0 aliphatic rings. The molecule has 0 spiro atoms. The molecule has 2 aromatic rings. The molecule has 3 nitrogen and oxygen atoms in total. The van der Waals surface area contributed by atoms with Crippen molar-refractivity contribution in [3.05, 3.63) is 29.0 Å². The molecular formula is C15H22ClN3. The third-order valence-electron chi connectivity index (χ3n) is 3.24. The Kier molecular flexibility index (Phi) is 4.83. The lowest BCUT2D eigenvalue weighted by molar-refractivity contribution is 0.560. The number of aromatic nitrogens is 2. The van der Waals surface area contributed by atoms with Crippen molar-refractivity contribution >= 4 is 22.6 Å². The van der Waals surface area contributed by atoms with E-state index in [2.05, 4.69) is 30.7 Å². The molecule has 1 N–H and O–H groups in total. The Morgan fingerprint density at radius 1 is 1.37 bits per heavy atom. The van der Waals surface area contributed by atoms with Gasteiger partial charge in [-0.3, -0.25) is 0 Å². The average molecular weight is 280 g/mol. The highest BCUT2D eigenvalue weighted by Gasteiger charge is 2.09. The molecule has 0 aliphatic heterocycles. The fourth-order valence-corrected chi connectivity index (χ4v) is 2.49. The number of benzene rings is 1. The Hall–Kier alpha value is -1.06. The summed E-state index contributed by atoms with van der Waals surface area (Å²) in [6, 6.07) is 6.45. The van der Waals surface area contributed by atoms with Crippen LogP contribution in [0.5, 0.6) is 0 Å². The first-order valence-electron chi connectivity index (χ1n) is 7.00. The summed E-state index contributed by atoms with van der Waals surface area (Å²) < 4.78 is 2.26. The van der Waals surface area contributed by atoms with Gasteiger partial charge in [0.25, 0.3) is 0 Å². The minimum atomic E-state index is 0.545. The van der Waals surface area contributed by atoms with E-state index in [9.17, 15) is 0 Å². The number of hydrogen-bond donors (Lipinski definition) is 1. The van der Waals surface area contributed by atoms with Crippen LogP contribution in [0.25, 0.3) is 11.0 Å². The number of rotatable bonds is 6. The zero-order chi connectivity index (χ0) is 13.8. The molecule has 1 heterocycles. The maximum Gasteiger partial charge on any atom is 0.109 e. The summed E-state index contributed by atoms with van der Waals surface area (Å²) in [7, 11) is 0. The SMILES string of the molecule is CCn1c(CCCNC(C)C)nc2ccc(Cl)cc21. The van der Waals surface area contributed by atoms with Crippen LogP contribution in [-0.2, 0) is 13.0 Å². The van der Waals surface area contributed by atoms with E-state index in [0.29, 0.717) is 6.04 Å². The summed E-state index contributed by atoms with van der Waals surface area (Å²) in [4.78, 5) is 4.72. The van der Waals surface area contributed by atoms with Crippen molar-refractivity contribution in [1.82, 2.24) is 14.9 Å². The number of hydrogen-bond acceptors (Lipinski definition) is 2. The van der Waals surface area contributed by atoms with Crippen molar-refractivity contribution in [2.75, 3.05) is 6.54 Å². The van der Waals surface area contributed by atoms with E-state index in [4.69, 9.17) is 16.6 Å². The smallest absolute Gasteiger partial charge is 0.109 e. The van der Waals surface area contributed by atoms with Gasteiger partial charge in [-0.2, -0.15) is 0 Å². The highest BCUT2D eigenvalue weighted by atomic mass is 35.5. The van der Waals surface area contributed by atoms with Crippen molar-refractivity contribution in [2.24, 2.45) is 0 Å². The number of fused-ring (bicyclic) bond motifs is 1. The minimum Gasteiger partial charge on any atom is -0.328 e. The van der Waals surface area contributed by atoms with Crippen LogP contribution >= 0.6 is 11.6 Å². The Labute approximate surface area is 120 Å². The Morgan fingerprint density at radius 2 is 2.16 bits per heavy atom. The third-order valence-corrected chi connectivity index (χ3v) is 3.47. The van der Waals surface area contributed by atoms with Gasteiger partial charge in [-0.15, -0.1) is 0 Å². The molecule has 0 radical (unpaired) electrons. The molecule has 0 saturated carbocycles. The van der Waals surface area contributed by atoms with Gasteiger partial charge in [-0.25, -0.2) is 4.98 Å². The van der Waals surface area contributed by atoms with Gasteiger partial charge in [0.05, 0.1) is 11.0 Å². The molecule has 4 heteroatoms. The lowest BCUT2D eigenvalue weighted by atomic mass is 10.2. The van der Waals surface area contributed by atoms with Gasteiger partial charge < -0.3 is 9.88 Å². The van der Waals surface area contributed by atoms with E-state index in [1.807, 2.05) is 18.2 Å². The molecule has 2 rings (SSSR count). The van der Waals surface area contributed by atoms with Gasteiger partial charge in [0.1, 0.15) is 5.82 Å². The van der Waals surface area contributed by atoms with Crippen LogP contribution in [0, 0.1) is 0 Å². The molecule has 0 aliphatic carbocycles. The first-order valence-corrected chi connectivity index (χ1v) is 7.37. The van der Waals surface area contributed by atoms with Crippen LogP contribution in [0.1, 0.15) is 33.0 Å². The fourth-order valence-electron chi connectivity index (χ4n) is 2.33. The van der Waals surface area contributed by atoms with Gasteiger partial charge in [0.15, 0.2) is 0 Å². The number of halogens is 1. The van der Waals surface area contributed by atoms with Gasteiger partial charge in [-0.05, 0) is 38.1 Å². The second-order valence-electron chi connectivity index (χ2n) is 5.12. The maximum atomic E-state index is 6.07. The minimum absolute atomic E-state index is 0.545. The molecule has 0 saturated heterocycles. The van der Waals surface area contributed by atoms with Gasteiger partial charge in [0, 0.05) is 24.0 Å². The normalized spacial score (nSPS) is 11.6. The third kappa shape index (κ3) is 3.48. The number of imidazole rings is 1. The Bertz CT molecular complexity index is 546. The number of nitrogens with zero attached hydrogens (tertiary/aromatic N) is 2. The summed E-state index contributed by atoms with van der Waals surface area (Å²) >= 11 is 6.07. The first kappa shape index (κ1) is 14.4. The average Bonchev–Trinajstić information content (AvgIpc) is 2.71. The highest BCUT2D eigenvalue weighted by molar-refractivity contribution is 6.31. The van der Waals surface area contributed by atoms with Gasteiger partial charge in [-0.1, -0.05) is 25.4 Å². The van der Waals surface area contributed by atoms with Crippen LogP contribution < -0.4 is 5.32 Å². The lowest BCUT2D eigenvalue weighted by Gasteiger charge is -2.08. The summed E-state index contributed by atoms with van der Waals surface area (Å²) in [6.45, 7) is 8.46. The maximum absolute atomic E-state index is 6.07. The molecule has 1 aromatic carbocycles. The van der Waals surface area contributed by atoms with E-state index < -0.39 is 0 Å². The molecule has 0 amide bonds. The van der Waals surface area contributed by atoms with Crippen molar-refractivity contribution in [2.45, 2.75) is 46.2 Å². The second kappa shape index (κ2) is 6.40. The Morgan fingerprint density at radius 3 is 2.84 bits per heavy atom. The topological polar surface area (TPSA) is 29.9 Å².